The third-order valence-corrected chi connectivity index (χ3v) is 14.4. The van der Waals surface area contributed by atoms with Crippen LogP contribution in [0.4, 0.5) is 5.69 Å². The Hall–Kier alpha value is -5.19. The summed E-state index contributed by atoms with van der Waals surface area (Å²) in [6.45, 7) is 9.13. The lowest BCUT2D eigenvalue weighted by molar-refractivity contribution is -0.384. The first-order valence-corrected chi connectivity index (χ1v) is 26.6. The van der Waals surface area contributed by atoms with Crippen LogP contribution < -0.4 is 9.47 Å². The maximum absolute atomic E-state index is 15.1. The molecule has 0 radical (unpaired) electrons. The Morgan fingerprint density at radius 2 is 1.65 bits per heavy atom. The Bertz CT molecular complexity index is 2220. The molecular formula is C57H80N4O11. The summed E-state index contributed by atoms with van der Waals surface area (Å²) in [5.74, 6) is -1.03. The molecule has 1 amide bonds. The number of carbonyl (C=O) groups is 1. The third-order valence-electron chi connectivity index (χ3n) is 14.4. The number of aromatic nitrogens is 1. The van der Waals surface area contributed by atoms with Crippen LogP contribution in [0.5, 0.6) is 11.5 Å². The van der Waals surface area contributed by atoms with E-state index >= 15 is 4.79 Å². The molecule has 15 heteroatoms. The number of rotatable bonds is 34. The average molecular weight is 997 g/mol. The van der Waals surface area contributed by atoms with Gasteiger partial charge in [-0.1, -0.05) is 94.5 Å². The number of nitrogens with zero attached hydrogens (tertiary/aromatic N) is 4. The van der Waals surface area contributed by atoms with E-state index in [1.807, 2.05) is 42.2 Å². The standard InChI is InChI=1S/C57H80N4O11/c1-4-6-7-8-9-10-11-12-13-23-54(65)60(30-35-68-36-33-64)53-39-51(59-71-40-43-24-26-46(27-25-43)61(66)67)49-37-44(20-14-16-31-62)48(22-15-17-32-63)55-50-38-47(69-41-45-21-18-19-42(3)58-45)28-29-52(50)72-57(53,56(49)55)70-34-5-2/h5,18-19,21,24-29,37-38,44,48,53,55-56,62-64H,2,4,6-17,20,22-23,30-36,39-41H2,1,3H3. The molecule has 3 aromatic rings. The molecule has 394 valence electrons. The summed E-state index contributed by atoms with van der Waals surface area (Å²) < 4.78 is 27.0. The molecule has 2 aliphatic carbocycles. The van der Waals surface area contributed by atoms with Gasteiger partial charge in [-0.3, -0.25) is 19.9 Å². The molecule has 6 atom stereocenters. The molecule has 1 aliphatic heterocycles. The van der Waals surface area contributed by atoms with Gasteiger partial charge in [0.05, 0.1) is 48.7 Å². The highest BCUT2D eigenvalue weighted by Gasteiger charge is 2.65. The van der Waals surface area contributed by atoms with Gasteiger partial charge < -0.3 is 44.0 Å². The number of oxime groups is 1. The van der Waals surface area contributed by atoms with Crippen molar-refractivity contribution < 1.29 is 48.8 Å². The summed E-state index contributed by atoms with van der Waals surface area (Å²) in [5, 5.41) is 46.2. The Balaban J connectivity index is 1.48. The average Bonchev–Trinajstić information content (AvgIpc) is 3.38. The molecule has 0 spiro atoms. The second-order valence-corrected chi connectivity index (χ2v) is 19.5. The number of nitro groups is 1. The fraction of sp³-hybridized carbons (Fsp3) is 0.596. The molecule has 6 rings (SSSR count). The molecule has 3 aliphatic rings. The monoisotopic (exact) mass is 997 g/mol. The first-order chi connectivity index (χ1) is 35.2. The second-order valence-electron chi connectivity index (χ2n) is 19.5. The van der Waals surface area contributed by atoms with E-state index in [4.69, 9.17) is 28.9 Å². The molecule has 1 aromatic heterocycles. The molecule has 6 unspecified atom stereocenters. The van der Waals surface area contributed by atoms with Gasteiger partial charge in [-0.15, -0.1) is 6.58 Å². The molecule has 1 saturated carbocycles. The Morgan fingerprint density at radius 3 is 2.35 bits per heavy atom. The number of aryl methyl sites for hydroxylation is 1. The number of allylic oxidation sites excluding steroid dienone is 1. The lowest BCUT2D eigenvalue weighted by Crippen LogP contribution is -2.70. The van der Waals surface area contributed by atoms with Crippen LogP contribution >= 0.6 is 0 Å². The van der Waals surface area contributed by atoms with Crippen molar-refractivity contribution in [1.29, 1.82) is 0 Å². The number of hydrogen-bond acceptors (Lipinski definition) is 13. The van der Waals surface area contributed by atoms with Gasteiger partial charge in [0, 0.05) is 61.9 Å². The van der Waals surface area contributed by atoms with E-state index in [1.165, 1.54) is 44.2 Å². The zero-order chi connectivity index (χ0) is 51.1. The fourth-order valence-electron chi connectivity index (χ4n) is 11.0. The van der Waals surface area contributed by atoms with Gasteiger partial charge >= 0.3 is 0 Å². The molecule has 0 bridgehead atoms. The third kappa shape index (κ3) is 15.2. The lowest BCUT2D eigenvalue weighted by Gasteiger charge is -2.60. The van der Waals surface area contributed by atoms with E-state index in [1.54, 1.807) is 18.2 Å². The van der Waals surface area contributed by atoms with Crippen molar-refractivity contribution in [3.63, 3.8) is 0 Å². The molecule has 3 N–H and O–H groups in total. The number of fused-ring (bicyclic) bond motifs is 2. The van der Waals surface area contributed by atoms with Crippen molar-refractivity contribution in [2.75, 3.05) is 46.2 Å². The minimum Gasteiger partial charge on any atom is -0.487 e. The van der Waals surface area contributed by atoms with E-state index in [0.29, 0.717) is 42.0 Å². The predicted octanol–water partition coefficient (Wildman–Crippen LogP) is 10.5. The van der Waals surface area contributed by atoms with Crippen LogP contribution in [-0.2, 0) is 32.3 Å². The summed E-state index contributed by atoms with van der Waals surface area (Å²) in [5.41, 5.74) is 4.83. The Labute approximate surface area is 426 Å². The smallest absolute Gasteiger partial charge is 0.269 e. The zero-order valence-electron chi connectivity index (χ0n) is 42.8. The van der Waals surface area contributed by atoms with Crippen molar-refractivity contribution in [1.82, 2.24) is 9.88 Å². The van der Waals surface area contributed by atoms with Crippen LogP contribution in [-0.4, -0.2) is 99.8 Å². The number of unbranched alkanes of at least 4 members (excludes halogenated alkanes) is 10. The van der Waals surface area contributed by atoms with Crippen molar-refractivity contribution in [2.24, 2.45) is 22.9 Å². The van der Waals surface area contributed by atoms with E-state index in [0.717, 1.165) is 73.9 Å². The largest absolute Gasteiger partial charge is 0.487 e. The van der Waals surface area contributed by atoms with Crippen molar-refractivity contribution in [2.45, 2.75) is 154 Å². The van der Waals surface area contributed by atoms with E-state index in [2.05, 4.69) is 30.6 Å². The maximum Gasteiger partial charge on any atom is 0.269 e. The number of hydrogen-bond donors (Lipinski definition) is 3. The number of nitro benzene ring substituents is 1. The summed E-state index contributed by atoms with van der Waals surface area (Å²) in [4.78, 5) is 38.8. The minimum atomic E-state index is -1.46. The quantitative estimate of drug-likeness (QED) is 0.0222. The Kier molecular flexibility index (Phi) is 23.0. The summed E-state index contributed by atoms with van der Waals surface area (Å²) in [6.07, 6.45) is 18.9. The highest BCUT2D eigenvalue weighted by Crippen LogP contribution is 2.62. The molecule has 2 heterocycles. The molecule has 72 heavy (non-hydrogen) atoms. The van der Waals surface area contributed by atoms with Gasteiger partial charge in [0.15, 0.2) is 0 Å². The second kappa shape index (κ2) is 29.5. The fourth-order valence-corrected chi connectivity index (χ4v) is 11.0. The topological polar surface area (TPSA) is 196 Å². The Morgan fingerprint density at radius 1 is 0.917 bits per heavy atom. The number of carbonyl (C=O) groups excluding carboxylic acids is 1. The highest BCUT2D eigenvalue weighted by molar-refractivity contribution is 6.03. The molecule has 1 fully saturated rings. The van der Waals surface area contributed by atoms with Crippen molar-refractivity contribution >= 4 is 17.3 Å². The number of ether oxygens (including phenoxy) is 4. The van der Waals surface area contributed by atoms with Crippen LogP contribution in [0.25, 0.3) is 0 Å². The number of non-ortho nitro benzene ring substituents is 1. The first-order valence-electron chi connectivity index (χ1n) is 26.6. The van der Waals surface area contributed by atoms with Crippen LogP contribution in [0.2, 0.25) is 0 Å². The summed E-state index contributed by atoms with van der Waals surface area (Å²) >= 11 is 0. The molecule has 2 aromatic carbocycles. The minimum absolute atomic E-state index is 0.00655. The van der Waals surface area contributed by atoms with Crippen LogP contribution in [0, 0.1) is 34.8 Å². The molecule has 15 nitrogen and oxygen atoms in total. The van der Waals surface area contributed by atoms with Crippen molar-refractivity contribution in [3.8, 4) is 11.5 Å². The lowest BCUT2D eigenvalue weighted by atomic mass is 9.55. The summed E-state index contributed by atoms with van der Waals surface area (Å²) in [7, 11) is 0. The number of aliphatic hydroxyl groups is 3. The van der Waals surface area contributed by atoms with Gasteiger partial charge in [-0.2, -0.15) is 0 Å². The van der Waals surface area contributed by atoms with Crippen molar-refractivity contribution in [3.05, 3.63) is 118 Å². The van der Waals surface area contributed by atoms with Gasteiger partial charge in [0.1, 0.15) is 30.8 Å². The van der Waals surface area contributed by atoms with E-state index in [-0.39, 0.29) is 95.2 Å². The highest BCUT2D eigenvalue weighted by atomic mass is 16.7. The maximum atomic E-state index is 15.1. The molecule has 0 saturated heterocycles. The van der Waals surface area contributed by atoms with Gasteiger partial charge in [0.25, 0.3) is 5.69 Å². The summed E-state index contributed by atoms with van der Waals surface area (Å²) in [6, 6.07) is 17.2. The van der Waals surface area contributed by atoms with Crippen LogP contribution in [0.3, 0.4) is 0 Å². The number of aliphatic hydroxyl groups excluding tert-OH is 3. The SMILES string of the molecule is C=CCOC12Oc3ccc(OCc4cccc(C)n4)cc3C3C(CCCCO)C(CCCCO)C=C(C(=NOCc4ccc([N+](=O)[O-])cc4)CC1N(CCOCCO)C(=O)CCCCCCCCCCC)C32. The first kappa shape index (κ1) is 56.1. The number of pyridine rings is 1. The van der Waals surface area contributed by atoms with Gasteiger partial charge in [0.2, 0.25) is 11.7 Å². The number of amides is 1. The normalized spacial score (nSPS) is 21.5. The van der Waals surface area contributed by atoms with Crippen LogP contribution in [0.1, 0.15) is 145 Å². The van der Waals surface area contributed by atoms with Gasteiger partial charge in [-0.05, 0) is 104 Å². The van der Waals surface area contributed by atoms with E-state index < -0.39 is 22.7 Å². The van der Waals surface area contributed by atoms with Crippen LogP contribution in [0.15, 0.2) is 90.1 Å². The van der Waals surface area contributed by atoms with Gasteiger partial charge in [-0.25, -0.2) is 0 Å². The molecular weight excluding hydrogens is 917 g/mol. The van der Waals surface area contributed by atoms with E-state index in [9.17, 15) is 25.4 Å². The zero-order valence-corrected chi connectivity index (χ0v) is 42.8. The predicted molar refractivity (Wildman–Crippen MR) is 278 cm³/mol. The number of benzene rings is 2.